The van der Waals surface area contributed by atoms with Crippen LogP contribution in [-0.2, 0) is 12.3 Å². The van der Waals surface area contributed by atoms with Crippen LogP contribution in [-0.4, -0.2) is 19.7 Å². The van der Waals surface area contributed by atoms with Crippen molar-refractivity contribution in [1.82, 2.24) is 19.7 Å². The van der Waals surface area contributed by atoms with Crippen molar-refractivity contribution in [3.63, 3.8) is 0 Å². The molecule has 0 spiro atoms. The molecule has 0 atom stereocenters. The van der Waals surface area contributed by atoms with Crippen molar-refractivity contribution >= 4 is 34.3 Å². The number of rotatable bonds is 7. The lowest BCUT2D eigenvalue weighted by atomic mass is 10.2. The van der Waals surface area contributed by atoms with Gasteiger partial charge in [0.2, 0.25) is 11.8 Å². The number of benzene rings is 1. The van der Waals surface area contributed by atoms with Crippen molar-refractivity contribution in [2.45, 2.75) is 50.6 Å². The van der Waals surface area contributed by atoms with E-state index < -0.39 is 0 Å². The largest absolute Gasteiger partial charge is 0.425 e. The molecule has 0 aliphatic heterocycles. The Hall–Kier alpha value is -1.86. The molecule has 3 aromatic rings. The van der Waals surface area contributed by atoms with Gasteiger partial charge in [-0.15, -0.1) is 10.2 Å². The minimum Gasteiger partial charge on any atom is -0.425 e. The highest BCUT2D eigenvalue weighted by molar-refractivity contribution is 7.98. The van der Waals surface area contributed by atoms with Gasteiger partial charge in [0.05, 0.1) is 16.7 Å². The minimum atomic E-state index is -0.0398. The summed E-state index contributed by atoms with van der Waals surface area (Å²) in [6, 6.07) is 5.17. The van der Waals surface area contributed by atoms with Crippen LogP contribution in [0.3, 0.4) is 0 Å². The number of aryl methyl sites for hydroxylation is 1. The number of unbranched alkanes of at least 4 members (excludes halogenated alkanes) is 2. The molecule has 3 rings (SSSR count). The molecule has 25 heavy (non-hydrogen) atoms. The first-order chi connectivity index (χ1) is 12.1. The summed E-state index contributed by atoms with van der Waals surface area (Å²) < 4.78 is 7.14. The summed E-state index contributed by atoms with van der Waals surface area (Å²) in [6.07, 6.45) is 3.09. The van der Waals surface area contributed by atoms with Gasteiger partial charge in [0.1, 0.15) is 0 Å². The second kappa shape index (κ2) is 8.01. The van der Waals surface area contributed by atoms with Gasteiger partial charge < -0.3 is 4.42 Å². The van der Waals surface area contributed by atoms with Crippen LogP contribution in [0.4, 0.5) is 0 Å². The lowest BCUT2D eigenvalue weighted by molar-refractivity contribution is 0.484. The number of thioether (sulfide) groups is 1. The number of nitrogens with zero attached hydrogens (tertiary/aromatic N) is 4. The van der Waals surface area contributed by atoms with E-state index in [9.17, 15) is 4.79 Å². The van der Waals surface area contributed by atoms with Crippen LogP contribution in [0.2, 0.25) is 5.02 Å². The average molecular weight is 379 g/mol. The summed E-state index contributed by atoms with van der Waals surface area (Å²) in [5.74, 6) is 1.50. The fourth-order valence-corrected chi connectivity index (χ4v) is 3.55. The molecule has 0 bridgehead atoms. The molecule has 6 nitrogen and oxygen atoms in total. The quantitative estimate of drug-likeness (QED) is 0.348. The minimum absolute atomic E-state index is 0.0398. The molecule has 0 N–H and O–H groups in total. The maximum atomic E-state index is 12.9. The van der Waals surface area contributed by atoms with Gasteiger partial charge in [-0.3, -0.25) is 9.36 Å². The van der Waals surface area contributed by atoms with E-state index in [1.165, 1.54) is 11.8 Å². The molecule has 0 aliphatic carbocycles. The third-order valence-electron chi connectivity index (χ3n) is 3.76. The number of fused-ring (bicyclic) bond motifs is 1. The molecule has 132 valence electrons. The van der Waals surface area contributed by atoms with Crippen molar-refractivity contribution in [2.24, 2.45) is 0 Å². The van der Waals surface area contributed by atoms with Gasteiger partial charge in [-0.25, -0.2) is 4.98 Å². The average Bonchev–Trinajstić information content (AvgIpc) is 3.00. The van der Waals surface area contributed by atoms with Crippen LogP contribution in [0, 0.1) is 6.92 Å². The summed E-state index contributed by atoms with van der Waals surface area (Å²) >= 11 is 7.47. The fourth-order valence-electron chi connectivity index (χ4n) is 2.52. The molecule has 2 heterocycles. The zero-order chi connectivity index (χ0) is 17.8. The second-order valence-electron chi connectivity index (χ2n) is 5.72. The van der Waals surface area contributed by atoms with E-state index in [2.05, 4.69) is 22.1 Å². The molecule has 0 saturated heterocycles. The normalized spacial score (nSPS) is 11.3. The first kappa shape index (κ1) is 17.9. The summed E-state index contributed by atoms with van der Waals surface area (Å²) in [5, 5.41) is 9.60. The van der Waals surface area contributed by atoms with Crippen molar-refractivity contribution in [1.29, 1.82) is 0 Å². The maximum absolute atomic E-state index is 12.9. The number of aromatic nitrogens is 4. The molecule has 0 amide bonds. The van der Waals surface area contributed by atoms with Gasteiger partial charge in [-0.05, 0) is 24.6 Å². The maximum Gasteiger partial charge on any atom is 0.262 e. The molecule has 8 heteroatoms. The molecule has 0 unspecified atom stereocenters. The Kier molecular flexibility index (Phi) is 5.75. The Morgan fingerprint density at radius 2 is 2.12 bits per heavy atom. The topological polar surface area (TPSA) is 73.8 Å². The lowest BCUT2D eigenvalue weighted by Crippen LogP contribution is -2.23. The van der Waals surface area contributed by atoms with E-state index in [1.807, 2.05) is 0 Å². The highest BCUT2D eigenvalue weighted by Gasteiger charge is 2.13. The first-order valence-electron chi connectivity index (χ1n) is 8.20. The van der Waals surface area contributed by atoms with Crippen molar-refractivity contribution in [3.8, 4) is 0 Å². The molecule has 0 radical (unpaired) electrons. The van der Waals surface area contributed by atoms with E-state index in [1.54, 1.807) is 29.7 Å². The molecule has 0 saturated carbocycles. The van der Waals surface area contributed by atoms with E-state index in [0.29, 0.717) is 45.2 Å². The highest BCUT2D eigenvalue weighted by atomic mass is 35.5. The summed E-state index contributed by atoms with van der Waals surface area (Å²) in [6.45, 7) is 4.53. The predicted molar refractivity (Wildman–Crippen MR) is 99.1 cm³/mol. The van der Waals surface area contributed by atoms with Gasteiger partial charge in [0, 0.05) is 18.5 Å². The van der Waals surface area contributed by atoms with Gasteiger partial charge in [0.15, 0.2) is 5.16 Å². The molecule has 2 aromatic heterocycles. The van der Waals surface area contributed by atoms with Crippen LogP contribution in [0.25, 0.3) is 10.9 Å². The van der Waals surface area contributed by atoms with E-state index in [-0.39, 0.29) is 5.56 Å². The molecular formula is C17H19ClN4O2S. The monoisotopic (exact) mass is 378 g/mol. The first-order valence-corrected chi connectivity index (χ1v) is 9.56. The van der Waals surface area contributed by atoms with Crippen LogP contribution in [0.15, 0.2) is 32.6 Å². The third kappa shape index (κ3) is 4.22. The SMILES string of the molecule is CCCCCn1c(SCc2nnc(C)o2)nc2cc(Cl)ccc2c1=O. The molecule has 1 aromatic carbocycles. The summed E-state index contributed by atoms with van der Waals surface area (Å²) in [4.78, 5) is 17.5. The standard InChI is InChI=1S/C17H19ClN4O2S/c1-3-4-5-8-22-16(23)13-7-6-12(18)9-14(13)19-17(22)25-10-15-21-20-11(2)24-15/h6-7,9H,3-5,8,10H2,1-2H3. The summed E-state index contributed by atoms with van der Waals surface area (Å²) in [5.41, 5.74) is 0.565. The van der Waals surface area contributed by atoms with Gasteiger partial charge >= 0.3 is 0 Å². The Bertz CT molecular complexity index is 938. The Labute approximate surface area is 154 Å². The fraction of sp³-hybridized carbons (Fsp3) is 0.412. The molecule has 0 fully saturated rings. The van der Waals surface area contributed by atoms with Crippen LogP contribution in [0.1, 0.15) is 38.0 Å². The van der Waals surface area contributed by atoms with E-state index in [4.69, 9.17) is 16.0 Å². The lowest BCUT2D eigenvalue weighted by Gasteiger charge is -2.12. The highest BCUT2D eigenvalue weighted by Crippen LogP contribution is 2.23. The predicted octanol–water partition coefficient (Wildman–Crippen LogP) is 4.22. The van der Waals surface area contributed by atoms with Gasteiger partial charge in [-0.1, -0.05) is 43.1 Å². The summed E-state index contributed by atoms with van der Waals surface area (Å²) in [7, 11) is 0. The van der Waals surface area contributed by atoms with E-state index >= 15 is 0 Å². The molecular weight excluding hydrogens is 360 g/mol. The van der Waals surface area contributed by atoms with E-state index in [0.717, 1.165) is 19.3 Å². The van der Waals surface area contributed by atoms with Crippen molar-refractivity contribution in [2.75, 3.05) is 0 Å². The number of halogens is 1. The zero-order valence-corrected chi connectivity index (χ0v) is 15.7. The Morgan fingerprint density at radius 3 is 2.84 bits per heavy atom. The number of hydrogen-bond acceptors (Lipinski definition) is 6. The van der Waals surface area contributed by atoms with Crippen LogP contribution >= 0.6 is 23.4 Å². The van der Waals surface area contributed by atoms with Gasteiger partial charge in [-0.2, -0.15) is 0 Å². The van der Waals surface area contributed by atoms with Gasteiger partial charge in [0.25, 0.3) is 5.56 Å². The molecule has 0 aliphatic rings. The third-order valence-corrected chi connectivity index (χ3v) is 4.96. The van der Waals surface area contributed by atoms with Crippen molar-refractivity contribution in [3.05, 3.63) is 45.4 Å². The second-order valence-corrected chi connectivity index (χ2v) is 7.10. The number of hydrogen-bond donors (Lipinski definition) is 0. The van der Waals surface area contributed by atoms with Crippen LogP contribution < -0.4 is 5.56 Å². The Balaban J connectivity index is 1.97. The zero-order valence-electron chi connectivity index (χ0n) is 14.2. The van der Waals surface area contributed by atoms with Crippen LogP contribution in [0.5, 0.6) is 0 Å². The smallest absolute Gasteiger partial charge is 0.262 e. The Morgan fingerprint density at radius 1 is 1.28 bits per heavy atom. The van der Waals surface area contributed by atoms with Crippen molar-refractivity contribution < 1.29 is 4.42 Å².